The minimum atomic E-state index is -1.48. The zero-order valence-electron chi connectivity index (χ0n) is 17.8. The molecule has 10 heteroatoms. The zero-order valence-corrected chi connectivity index (χ0v) is 17.8. The Morgan fingerprint density at radius 2 is 2.03 bits per heavy atom. The summed E-state index contributed by atoms with van der Waals surface area (Å²) in [5.41, 5.74) is 8.59. The molecule has 2 heterocycles. The maximum Gasteiger partial charge on any atom is 0.422 e. The molecule has 0 bridgehead atoms. The van der Waals surface area contributed by atoms with E-state index in [1.807, 2.05) is 31.2 Å². The molecule has 3 atom stereocenters. The monoisotopic (exact) mass is 443 g/mol. The van der Waals surface area contributed by atoms with E-state index in [1.54, 1.807) is 6.08 Å². The maximum absolute atomic E-state index is 12.8. The van der Waals surface area contributed by atoms with E-state index in [0.29, 0.717) is 13.1 Å². The van der Waals surface area contributed by atoms with Gasteiger partial charge in [-0.25, -0.2) is 9.59 Å². The molecule has 1 aromatic carbocycles. The van der Waals surface area contributed by atoms with E-state index in [4.69, 9.17) is 5.73 Å². The Kier molecular flexibility index (Phi) is 7.39. The van der Waals surface area contributed by atoms with Crippen LogP contribution in [0, 0.1) is 13.3 Å². The summed E-state index contributed by atoms with van der Waals surface area (Å²) in [4.78, 5) is 49.0. The van der Waals surface area contributed by atoms with Crippen molar-refractivity contribution in [1.29, 1.82) is 0 Å². The third kappa shape index (κ3) is 5.39. The van der Waals surface area contributed by atoms with Gasteiger partial charge in [-0.05, 0) is 30.0 Å². The Labute approximate surface area is 186 Å². The van der Waals surface area contributed by atoms with Crippen LogP contribution in [-0.4, -0.2) is 65.4 Å². The van der Waals surface area contributed by atoms with Gasteiger partial charge in [-0.3, -0.25) is 9.59 Å². The van der Waals surface area contributed by atoms with Crippen LogP contribution in [-0.2, 0) is 25.7 Å². The Balaban J connectivity index is 1.68. The fourth-order valence-electron chi connectivity index (χ4n) is 3.76. The fraction of sp³-hybridized carbons (Fsp3) is 0.409. The van der Waals surface area contributed by atoms with Crippen molar-refractivity contribution < 1.29 is 33.5 Å². The topological polar surface area (TPSA) is 148 Å². The minimum Gasteiger partial charge on any atom is -0.434 e. The largest absolute Gasteiger partial charge is 0.434 e. The molecule has 0 aliphatic carbocycles. The van der Waals surface area contributed by atoms with Crippen molar-refractivity contribution >= 4 is 23.8 Å². The summed E-state index contributed by atoms with van der Waals surface area (Å²) in [5.74, 6) is -2.06. The van der Waals surface area contributed by atoms with E-state index in [-0.39, 0.29) is 19.4 Å². The number of allylic oxidation sites excluding steroid dienone is 1. The predicted molar refractivity (Wildman–Crippen MR) is 112 cm³/mol. The number of amides is 4. The van der Waals surface area contributed by atoms with Gasteiger partial charge in [-0.1, -0.05) is 30.3 Å². The fourth-order valence-corrected chi connectivity index (χ4v) is 3.76. The number of cyclic esters (lactones) is 1. The number of nitrogens with zero attached hydrogens (tertiary/aromatic N) is 1. The molecule has 10 nitrogen and oxygen atoms in total. The summed E-state index contributed by atoms with van der Waals surface area (Å²) in [6.45, 7) is 2.33. The number of aryl methyl sites for hydroxylation is 1. The van der Waals surface area contributed by atoms with Gasteiger partial charge in [0.1, 0.15) is 19.0 Å². The maximum atomic E-state index is 12.8. The normalized spacial score (nSPS) is 25.6. The van der Waals surface area contributed by atoms with Crippen LogP contribution in [0.5, 0.6) is 0 Å². The first-order chi connectivity index (χ1) is 15.2. The molecular weight excluding hydrogens is 416 g/mol. The van der Waals surface area contributed by atoms with Crippen LogP contribution in [0.25, 0.3) is 0 Å². The van der Waals surface area contributed by atoms with Crippen LogP contribution in [0.1, 0.15) is 24.0 Å². The Morgan fingerprint density at radius 3 is 2.69 bits per heavy atom. The van der Waals surface area contributed by atoms with E-state index in [0.717, 1.165) is 16.7 Å². The number of urea groups is 1. The summed E-state index contributed by atoms with van der Waals surface area (Å²) < 4.78 is 3.64. The van der Waals surface area contributed by atoms with Crippen molar-refractivity contribution in [1.82, 2.24) is 10.6 Å². The van der Waals surface area contributed by atoms with Crippen LogP contribution in [0.15, 0.2) is 35.9 Å². The highest BCUT2D eigenvalue weighted by molar-refractivity contribution is 5.92. The molecule has 1 saturated heterocycles. The zero-order chi connectivity index (χ0) is 23.3. The molecule has 0 spiro atoms. The molecule has 3 rings (SSSR count). The second kappa shape index (κ2) is 10.0. The SMILES string of the molecule is Cc1ccccc1CNCC1=CC[C]C(=O)[N@@+](CC(=O)NC2CC(=O)OC2O)(C(N)=O)C1. The third-order valence-electron chi connectivity index (χ3n) is 5.60. The number of imide groups is 1. The molecule has 2 unspecified atom stereocenters. The molecule has 1 fully saturated rings. The van der Waals surface area contributed by atoms with E-state index in [9.17, 15) is 24.3 Å². The Morgan fingerprint density at radius 1 is 1.28 bits per heavy atom. The van der Waals surface area contributed by atoms with Crippen LogP contribution in [0.2, 0.25) is 0 Å². The van der Waals surface area contributed by atoms with Crippen molar-refractivity contribution in [2.75, 3.05) is 19.6 Å². The lowest BCUT2D eigenvalue weighted by Gasteiger charge is -2.30. The molecular formula is C22H27N4O6+. The van der Waals surface area contributed by atoms with Crippen molar-refractivity contribution in [3.8, 4) is 0 Å². The lowest BCUT2D eigenvalue weighted by molar-refractivity contribution is -0.756. The Hall–Kier alpha value is -3.08. The highest BCUT2D eigenvalue weighted by Gasteiger charge is 2.47. The van der Waals surface area contributed by atoms with Crippen molar-refractivity contribution in [2.24, 2.45) is 5.73 Å². The van der Waals surface area contributed by atoms with Gasteiger partial charge in [0.2, 0.25) is 6.29 Å². The molecule has 5 N–H and O–H groups in total. The molecule has 4 amide bonds. The second-order valence-corrected chi connectivity index (χ2v) is 7.96. The lowest BCUT2D eigenvalue weighted by Crippen LogP contribution is -2.64. The number of hydrogen-bond acceptors (Lipinski definition) is 7. The molecule has 0 saturated carbocycles. The van der Waals surface area contributed by atoms with Gasteiger partial charge < -0.3 is 26.2 Å². The summed E-state index contributed by atoms with van der Waals surface area (Å²) in [6.07, 6.45) is 2.90. The molecule has 1 aromatic rings. The quantitative estimate of drug-likeness (QED) is 0.256. The summed E-state index contributed by atoms with van der Waals surface area (Å²) in [6, 6.07) is 5.99. The number of benzene rings is 1. The standard InChI is InChI=1S/C22H26N4O6/c1-14-5-2-3-7-16(14)11-24-10-15-6-4-8-19(28)26(12-15,22(23)31)13-18(27)25-17-9-20(29)32-21(17)30/h2-3,5-7,17,21,24,30H,4,9-13H2,1H3,(H2-,23,25,27,31)/p+1/t17?,21?,26-/m1/s1. The van der Waals surface area contributed by atoms with Gasteiger partial charge in [0.05, 0.1) is 6.42 Å². The van der Waals surface area contributed by atoms with Gasteiger partial charge in [-0.15, -0.1) is 0 Å². The molecule has 170 valence electrons. The third-order valence-corrected chi connectivity index (χ3v) is 5.60. The molecule has 2 aliphatic rings. The molecule has 2 radical (unpaired) electrons. The van der Waals surface area contributed by atoms with Gasteiger partial charge in [-0.2, -0.15) is 4.48 Å². The number of aliphatic hydroxyl groups excluding tert-OH is 1. The van der Waals surface area contributed by atoms with Gasteiger partial charge in [0.15, 0.2) is 6.54 Å². The number of carbonyl (C=O) groups excluding carboxylic acids is 4. The summed E-state index contributed by atoms with van der Waals surface area (Å²) in [7, 11) is 0. The van der Waals surface area contributed by atoms with E-state index < -0.39 is 47.2 Å². The number of carbonyl (C=O) groups is 4. The number of nitrogens with two attached hydrogens (primary N) is 1. The lowest BCUT2D eigenvalue weighted by atomic mass is 10.1. The number of rotatable bonds is 7. The van der Waals surface area contributed by atoms with Crippen LogP contribution >= 0.6 is 0 Å². The second-order valence-electron chi connectivity index (χ2n) is 7.96. The number of ether oxygens (including phenoxy) is 1. The first kappa shape index (κ1) is 23.6. The summed E-state index contributed by atoms with van der Waals surface area (Å²) in [5, 5.41) is 15.4. The smallest absolute Gasteiger partial charge is 0.422 e. The van der Waals surface area contributed by atoms with Crippen molar-refractivity contribution in [3.05, 3.63) is 53.5 Å². The van der Waals surface area contributed by atoms with E-state index in [2.05, 4.69) is 21.8 Å². The van der Waals surface area contributed by atoms with Crippen LogP contribution in [0.4, 0.5) is 4.79 Å². The number of quaternary nitrogens is 1. The summed E-state index contributed by atoms with van der Waals surface area (Å²) >= 11 is 0. The van der Waals surface area contributed by atoms with Crippen LogP contribution < -0.4 is 16.4 Å². The highest BCUT2D eigenvalue weighted by Crippen LogP contribution is 2.20. The van der Waals surface area contributed by atoms with Crippen molar-refractivity contribution in [3.63, 3.8) is 0 Å². The van der Waals surface area contributed by atoms with Gasteiger partial charge in [0.25, 0.3) is 5.91 Å². The highest BCUT2D eigenvalue weighted by atomic mass is 16.6. The predicted octanol–water partition coefficient (Wildman–Crippen LogP) is -0.332. The van der Waals surface area contributed by atoms with Crippen molar-refractivity contribution in [2.45, 2.75) is 38.6 Å². The molecule has 2 aliphatic heterocycles. The average Bonchev–Trinajstić information content (AvgIpc) is 2.94. The number of esters is 1. The molecule has 0 aromatic heterocycles. The Bertz CT molecular complexity index is 946. The number of hydrogen-bond donors (Lipinski definition) is 4. The number of nitrogens with one attached hydrogen (secondary N) is 2. The number of aliphatic hydroxyl groups is 1. The van der Waals surface area contributed by atoms with Gasteiger partial charge in [0, 0.05) is 13.1 Å². The van der Waals surface area contributed by atoms with Gasteiger partial charge >= 0.3 is 17.9 Å². The van der Waals surface area contributed by atoms with Crippen LogP contribution in [0.3, 0.4) is 0 Å². The van der Waals surface area contributed by atoms with E-state index >= 15 is 0 Å². The average molecular weight is 443 g/mol. The molecule has 32 heavy (non-hydrogen) atoms. The van der Waals surface area contributed by atoms with E-state index in [1.165, 1.54) is 0 Å². The number of primary amides is 1. The first-order valence-electron chi connectivity index (χ1n) is 10.3. The first-order valence-corrected chi connectivity index (χ1v) is 10.3. The minimum absolute atomic E-state index is 0.0853.